The molecular formula is C17H14F3N3O3. The van der Waals surface area contributed by atoms with Crippen LogP contribution in [0.2, 0.25) is 0 Å². The van der Waals surface area contributed by atoms with Gasteiger partial charge in [0.25, 0.3) is 5.56 Å². The van der Waals surface area contributed by atoms with E-state index >= 15 is 0 Å². The van der Waals surface area contributed by atoms with Gasteiger partial charge in [0.05, 0.1) is 12.2 Å². The average Bonchev–Trinajstić information content (AvgIpc) is 2.59. The van der Waals surface area contributed by atoms with E-state index in [0.717, 1.165) is 4.40 Å². The maximum Gasteiger partial charge on any atom is 0.387 e. The molecular weight excluding hydrogens is 351 g/mol. The highest BCUT2D eigenvalue weighted by Gasteiger charge is 2.17. The molecule has 0 atom stereocenters. The molecule has 0 bridgehead atoms. The van der Waals surface area contributed by atoms with Crippen LogP contribution < -0.4 is 15.6 Å². The van der Waals surface area contributed by atoms with Crippen LogP contribution in [0.1, 0.15) is 11.1 Å². The summed E-state index contributed by atoms with van der Waals surface area (Å²) in [6.45, 7) is -2.16. The number of aromatic nitrogens is 2. The Morgan fingerprint density at radius 2 is 2.12 bits per heavy atom. The second-order valence-corrected chi connectivity index (χ2v) is 5.44. The van der Waals surface area contributed by atoms with Crippen LogP contribution in [0.15, 0.2) is 41.3 Å². The van der Waals surface area contributed by atoms with Gasteiger partial charge < -0.3 is 15.2 Å². The molecule has 0 amide bonds. The van der Waals surface area contributed by atoms with Gasteiger partial charge in [-0.05, 0) is 42.8 Å². The van der Waals surface area contributed by atoms with E-state index in [1.165, 1.54) is 36.5 Å². The first-order valence-corrected chi connectivity index (χ1v) is 7.54. The Morgan fingerprint density at radius 3 is 2.77 bits per heavy atom. The zero-order valence-corrected chi connectivity index (χ0v) is 13.5. The van der Waals surface area contributed by atoms with Crippen molar-refractivity contribution in [3.63, 3.8) is 0 Å². The lowest BCUT2D eigenvalue weighted by Crippen LogP contribution is -2.22. The number of anilines is 2. The lowest BCUT2D eigenvalue weighted by molar-refractivity contribution is -0.0491. The summed E-state index contributed by atoms with van der Waals surface area (Å²) in [7, 11) is 0. The van der Waals surface area contributed by atoms with Gasteiger partial charge in [0.2, 0.25) is 0 Å². The number of hydrogen-bond acceptors (Lipinski definition) is 5. The first kappa shape index (κ1) is 17.7. The first-order valence-electron chi connectivity index (χ1n) is 7.54. The maximum atomic E-state index is 13.4. The minimum absolute atomic E-state index is 0.0335. The topological polar surface area (TPSA) is 75.9 Å². The normalized spacial score (nSPS) is 11.2. The molecule has 0 aliphatic carbocycles. The van der Waals surface area contributed by atoms with Gasteiger partial charge in [0.15, 0.2) is 11.4 Å². The van der Waals surface area contributed by atoms with Crippen molar-refractivity contribution in [3.8, 4) is 5.75 Å². The quantitative estimate of drug-likeness (QED) is 0.727. The van der Waals surface area contributed by atoms with Gasteiger partial charge in [-0.2, -0.15) is 8.78 Å². The summed E-state index contributed by atoms with van der Waals surface area (Å²) in [6.07, 6.45) is 1.33. The Morgan fingerprint density at radius 1 is 1.35 bits per heavy atom. The van der Waals surface area contributed by atoms with Crippen LogP contribution in [0.25, 0.3) is 5.65 Å². The molecule has 6 nitrogen and oxygen atoms in total. The molecule has 0 radical (unpaired) electrons. The second-order valence-electron chi connectivity index (χ2n) is 5.44. The number of alkyl halides is 2. The van der Waals surface area contributed by atoms with Crippen LogP contribution in [-0.4, -0.2) is 21.1 Å². The van der Waals surface area contributed by atoms with Crippen molar-refractivity contribution < 1.29 is 23.0 Å². The van der Waals surface area contributed by atoms with E-state index < -0.39 is 24.6 Å². The summed E-state index contributed by atoms with van der Waals surface area (Å²) in [5, 5.41) is 12.4. The van der Waals surface area contributed by atoms with Crippen molar-refractivity contribution in [2.24, 2.45) is 0 Å². The molecule has 0 fully saturated rings. The number of aryl methyl sites for hydroxylation is 1. The zero-order valence-electron chi connectivity index (χ0n) is 13.5. The molecule has 2 aromatic heterocycles. The standard InChI is InChI=1S/C17H14F3N3O3/c1-9-7-10(4-5-12(9)18)21-14-11(8-24)16(25)23-6-2-3-13(15(23)22-14)26-17(19)20/h2-7,17,21,24H,8H2,1H3. The molecule has 3 rings (SSSR count). The number of nitrogens with zero attached hydrogens (tertiary/aromatic N) is 2. The fourth-order valence-corrected chi connectivity index (χ4v) is 2.47. The van der Waals surface area contributed by atoms with Crippen LogP contribution in [0.4, 0.5) is 24.7 Å². The third kappa shape index (κ3) is 3.33. The Balaban J connectivity index is 2.17. The molecule has 136 valence electrons. The van der Waals surface area contributed by atoms with Crippen molar-refractivity contribution in [3.05, 3.63) is 63.8 Å². The Bertz CT molecular complexity index is 1020. The molecule has 0 saturated heterocycles. The van der Waals surface area contributed by atoms with Crippen molar-refractivity contribution in [2.45, 2.75) is 20.1 Å². The van der Waals surface area contributed by atoms with E-state index in [4.69, 9.17) is 0 Å². The third-order valence-electron chi connectivity index (χ3n) is 3.71. The number of hydrogen-bond donors (Lipinski definition) is 2. The van der Waals surface area contributed by atoms with Gasteiger partial charge in [-0.25, -0.2) is 9.37 Å². The van der Waals surface area contributed by atoms with Gasteiger partial charge in [-0.1, -0.05) is 0 Å². The number of ether oxygens (including phenoxy) is 1. The fourth-order valence-electron chi connectivity index (χ4n) is 2.47. The van der Waals surface area contributed by atoms with E-state index in [0.29, 0.717) is 11.3 Å². The Labute approximate surface area is 145 Å². The van der Waals surface area contributed by atoms with Crippen LogP contribution >= 0.6 is 0 Å². The number of halogens is 3. The van der Waals surface area contributed by atoms with Crippen LogP contribution in [0, 0.1) is 12.7 Å². The molecule has 0 aliphatic heterocycles. The SMILES string of the molecule is Cc1cc(Nc2nc3c(OC(F)F)cccn3c(=O)c2CO)ccc1F. The van der Waals surface area contributed by atoms with Gasteiger partial charge in [-0.3, -0.25) is 9.20 Å². The predicted octanol–water partition coefficient (Wildman–Crippen LogP) is 2.98. The Kier molecular flexibility index (Phi) is 4.81. The van der Waals surface area contributed by atoms with E-state index in [-0.39, 0.29) is 22.8 Å². The van der Waals surface area contributed by atoms with E-state index in [1.807, 2.05) is 0 Å². The number of benzene rings is 1. The van der Waals surface area contributed by atoms with Gasteiger partial charge in [0.1, 0.15) is 11.6 Å². The lowest BCUT2D eigenvalue weighted by atomic mass is 10.2. The van der Waals surface area contributed by atoms with Crippen LogP contribution in [0.3, 0.4) is 0 Å². The molecule has 9 heteroatoms. The number of aliphatic hydroxyl groups is 1. The lowest BCUT2D eigenvalue weighted by Gasteiger charge is -2.14. The largest absolute Gasteiger partial charge is 0.431 e. The molecule has 1 aromatic carbocycles. The van der Waals surface area contributed by atoms with E-state index in [9.17, 15) is 23.1 Å². The van der Waals surface area contributed by atoms with Crippen LogP contribution in [-0.2, 0) is 6.61 Å². The van der Waals surface area contributed by atoms with Crippen molar-refractivity contribution in [1.29, 1.82) is 0 Å². The highest BCUT2D eigenvalue weighted by Crippen LogP contribution is 2.24. The molecule has 2 heterocycles. The van der Waals surface area contributed by atoms with Gasteiger partial charge >= 0.3 is 6.61 Å². The predicted molar refractivity (Wildman–Crippen MR) is 88.4 cm³/mol. The highest BCUT2D eigenvalue weighted by molar-refractivity contribution is 5.65. The van der Waals surface area contributed by atoms with Crippen molar-refractivity contribution in [1.82, 2.24) is 9.38 Å². The number of rotatable bonds is 5. The van der Waals surface area contributed by atoms with Crippen molar-refractivity contribution in [2.75, 3.05) is 5.32 Å². The first-order chi connectivity index (χ1) is 12.4. The summed E-state index contributed by atoms with van der Waals surface area (Å²) >= 11 is 0. The van der Waals surface area contributed by atoms with E-state index in [2.05, 4.69) is 15.0 Å². The molecule has 0 spiro atoms. The molecule has 2 N–H and O–H groups in total. The maximum absolute atomic E-state index is 13.4. The summed E-state index contributed by atoms with van der Waals surface area (Å²) < 4.78 is 44.0. The highest BCUT2D eigenvalue weighted by atomic mass is 19.3. The minimum atomic E-state index is -3.09. The molecule has 0 aliphatic rings. The smallest absolute Gasteiger partial charge is 0.387 e. The fraction of sp³-hybridized carbons (Fsp3) is 0.176. The summed E-state index contributed by atoms with van der Waals surface area (Å²) in [6, 6.07) is 6.75. The zero-order chi connectivity index (χ0) is 18.8. The van der Waals surface area contributed by atoms with E-state index in [1.54, 1.807) is 6.92 Å². The molecule has 26 heavy (non-hydrogen) atoms. The number of nitrogens with one attached hydrogen (secondary N) is 1. The van der Waals surface area contributed by atoms with Gasteiger partial charge in [0, 0.05) is 11.9 Å². The molecule has 0 saturated carbocycles. The summed E-state index contributed by atoms with van der Waals surface area (Å²) in [4.78, 5) is 16.7. The second kappa shape index (κ2) is 7.04. The average molecular weight is 365 g/mol. The van der Waals surface area contributed by atoms with Gasteiger partial charge in [-0.15, -0.1) is 0 Å². The monoisotopic (exact) mass is 365 g/mol. The third-order valence-corrected chi connectivity index (χ3v) is 3.71. The number of pyridine rings is 1. The summed E-state index contributed by atoms with van der Waals surface area (Å²) in [5.74, 6) is -0.728. The summed E-state index contributed by atoms with van der Waals surface area (Å²) in [5.41, 5.74) is -0.0737. The van der Waals surface area contributed by atoms with Crippen LogP contribution in [0.5, 0.6) is 5.75 Å². The minimum Gasteiger partial charge on any atom is -0.431 e. The number of aliphatic hydroxyl groups excluding tert-OH is 1. The molecule has 3 aromatic rings. The Hall–Kier alpha value is -3.07. The number of fused-ring (bicyclic) bond motifs is 1. The molecule has 0 unspecified atom stereocenters. The van der Waals surface area contributed by atoms with Crippen molar-refractivity contribution >= 4 is 17.2 Å².